The summed E-state index contributed by atoms with van der Waals surface area (Å²) in [5, 5.41) is 10.3. The van der Waals surface area contributed by atoms with E-state index in [1.165, 1.54) is 26.1 Å². The number of benzene rings is 1. The lowest BCUT2D eigenvalue weighted by atomic mass is 9.97. The van der Waals surface area contributed by atoms with Crippen molar-refractivity contribution in [2.75, 3.05) is 0 Å². The summed E-state index contributed by atoms with van der Waals surface area (Å²) in [7, 11) is 0. The molecule has 0 saturated carbocycles. The number of hydrogen-bond donors (Lipinski definition) is 2. The van der Waals surface area contributed by atoms with Crippen LogP contribution in [0.25, 0.3) is 10.9 Å². The summed E-state index contributed by atoms with van der Waals surface area (Å²) in [6, 6.07) is 3.44. The largest absolute Gasteiger partial charge is 0.416 e. The molecule has 5 heteroatoms. The zero-order chi connectivity index (χ0) is 12.8. The Bertz CT molecular complexity index is 549. The molecule has 0 unspecified atom stereocenters. The first-order valence-corrected chi connectivity index (χ1v) is 5.11. The summed E-state index contributed by atoms with van der Waals surface area (Å²) in [6.07, 6.45) is -2.84. The monoisotopic (exact) mass is 243 g/mol. The Morgan fingerprint density at radius 2 is 1.82 bits per heavy atom. The molecule has 0 amide bonds. The first-order chi connectivity index (χ1) is 7.69. The number of aromatic nitrogens is 1. The highest BCUT2D eigenvalue weighted by Gasteiger charge is 2.31. The van der Waals surface area contributed by atoms with Crippen LogP contribution in [0.4, 0.5) is 13.2 Å². The minimum atomic E-state index is -4.37. The van der Waals surface area contributed by atoms with Gasteiger partial charge >= 0.3 is 6.18 Å². The highest BCUT2D eigenvalue weighted by molar-refractivity contribution is 5.84. The van der Waals surface area contributed by atoms with Gasteiger partial charge in [0.2, 0.25) is 0 Å². The first-order valence-electron chi connectivity index (χ1n) is 5.11. The number of hydrogen-bond acceptors (Lipinski definition) is 1. The zero-order valence-electron chi connectivity index (χ0n) is 9.39. The third-order valence-electron chi connectivity index (χ3n) is 2.67. The molecule has 0 atom stereocenters. The summed E-state index contributed by atoms with van der Waals surface area (Å²) >= 11 is 0. The second-order valence-corrected chi connectivity index (χ2v) is 4.52. The van der Waals surface area contributed by atoms with Gasteiger partial charge < -0.3 is 10.1 Å². The predicted molar refractivity (Wildman–Crippen MR) is 58.5 cm³/mol. The first kappa shape index (κ1) is 12.0. The van der Waals surface area contributed by atoms with Gasteiger partial charge in [0.05, 0.1) is 11.2 Å². The summed E-state index contributed by atoms with van der Waals surface area (Å²) in [5.41, 5.74) is -0.855. The van der Waals surface area contributed by atoms with Gasteiger partial charge in [0, 0.05) is 22.7 Å². The Morgan fingerprint density at radius 3 is 2.35 bits per heavy atom. The van der Waals surface area contributed by atoms with Crippen LogP contribution in [0.15, 0.2) is 24.4 Å². The van der Waals surface area contributed by atoms with E-state index >= 15 is 0 Å². The molecule has 0 aliphatic rings. The molecular formula is C12H12F3NO. The van der Waals surface area contributed by atoms with Crippen LogP contribution in [0.1, 0.15) is 25.0 Å². The predicted octanol–water partition coefficient (Wildman–Crippen LogP) is 3.41. The third-order valence-corrected chi connectivity index (χ3v) is 2.67. The molecular weight excluding hydrogens is 231 g/mol. The highest BCUT2D eigenvalue weighted by atomic mass is 19.4. The minimum absolute atomic E-state index is 0.396. The van der Waals surface area contributed by atoms with Gasteiger partial charge in [-0.25, -0.2) is 0 Å². The summed E-state index contributed by atoms with van der Waals surface area (Å²) < 4.78 is 37.7. The van der Waals surface area contributed by atoms with Gasteiger partial charge in [0.1, 0.15) is 0 Å². The van der Waals surface area contributed by atoms with Gasteiger partial charge in [0.25, 0.3) is 0 Å². The molecule has 0 saturated heterocycles. The van der Waals surface area contributed by atoms with Crippen molar-refractivity contribution < 1.29 is 18.3 Å². The topological polar surface area (TPSA) is 36.0 Å². The van der Waals surface area contributed by atoms with Gasteiger partial charge in [-0.2, -0.15) is 13.2 Å². The SMILES string of the molecule is CC(C)(O)c1c[nH]c2ccc(C(F)(F)F)cc12. The fourth-order valence-electron chi connectivity index (χ4n) is 1.80. The maximum absolute atomic E-state index is 12.6. The van der Waals surface area contributed by atoms with Gasteiger partial charge in [-0.3, -0.25) is 0 Å². The number of aliphatic hydroxyl groups is 1. The number of alkyl halides is 3. The zero-order valence-corrected chi connectivity index (χ0v) is 9.39. The van der Waals surface area contributed by atoms with Gasteiger partial charge in [-0.05, 0) is 32.0 Å². The highest BCUT2D eigenvalue weighted by Crippen LogP contribution is 2.34. The van der Waals surface area contributed by atoms with Crippen LogP contribution in [0.2, 0.25) is 0 Å². The Labute approximate surface area is 96.1 Å². The molecule has 92 valence electrons. The number of aromatic amines is 1. The van der Waals surface area contributed by atoms with Crippen LogP contribution >= 0.6 is 0 Å². The van der Waals surface area contributed by atoms with Gasteiger partial charge in [0.15, 0.2) is 0 Å². The van der Waals surface area contributed by atoms with Crippen molar-refractivity contribution in [1.29, 1.82) is 0 Å². The van der Waals surface area contributed by atoms with Crippen LogP contribution in [0.3, 0.4) is 0 Å². The normalized spacial score (nSPS) is 13.3. The second kappa shape index (κ2) is 3.50. The lowest BCUT2D eigenvalue weighted by Crippen LogP contribution is -2.14. The molecule has 0 bridgehead atoms. The van der Waals surface area contributed by atoms with Crippen LogP contribution in [-0.2, 0) is 11.8 Å². The maximum Gasteiger partial charge on any atom is 0.416 e. The Kier molecular flexibility index (Phi) is 2.47. The minimum Gasteiger partial charge on any atom is -0.386 e. The van der Waals surface area contributed by atoms with E-state index in [0.717, 1.165) is 12.1 Å². The molecule has 1 aromatic heterocycles. The number of rotatable bonds is 1. The smallest absolute Gasteiger partial charge is 0.386 e. The standard InChI is InChI=1S/C12H12F3NO/c1-11(2,17)9-6-16-10-4-3-7(5-8(9)10)12(13,14)15/h3-6,16-17H,1-2H3. The molecule has 2 aromatic rings. The lowest BCUT2D eigenvalue weighted by Gasteiger charge is -2.16. The number of H-pyrrole nitrogens is 1. The molecule has 2 N–H and O–H groups in total. The van der Waals surface area contributed by atoms with Crippen molar-refractivity contribution in [1.82, 2.24) is 4.98 Å². The molecule has 1 aromatic carbocycles. The summed E-state index contributed by atoms with van der Waals surface area (Å²) in [4.78, 5) is 2.85. The van der Waals surface area contributed by atoms with E-state index in [0.29, 0.717) is 16.5 Å². The fourth-order valence-corrected chi connectivity index (χ4v) is 1.80. The van der Waals surface area contributed by atoms with Crippen LogP contribution in [0.5, 0.6) is 0 Å². The van der Waals surface area contributed by atoms with Crippen molar-refractivity contribution in [3.8, 4) is 0 Å². The number of nitrogens with one attached hydrogen (secondary N) is 1. The van der Waals surface area contributed by atoms with Gasteiger partial charge in [-0.15, -0.1) is 0 Å². The van der Waals surface area contributed by atoms with E-state index in [-0.39, 0.29) is 0 Å². The van der Waals surface area contributed by atoms with Crippen LogP contribution in [-0.4, -0.2) is 10.1 Å². The molecule has 1 heterocycles. The maximum atomic E-state index is 12.6. The molecule has 0 aliphatic heterocycles. The molecule has 2 rings (SSSR count). The van der Waals surface area contributed by atoms with Crippen LogP contribution < -0.4 is 0 Å². The molecule has 0 radical (unpaired) electrons. The third kappa shape index (κ3) is 2.15. The number of halogens is 3. The van der Waals surface area contributed by atoms with E-state index in [4.69, 9.17) is 0 Å². The molecule has 0 aliphatic carbocycles. The van der Waals surface area contributed by atoms with E-state index in [1.807, 2.05) is 0 Å². The average molecular weight is 243 g/mol. The van der Waals surface area contributed by atoms with E-state index in [9.17, 15) is 18.3 Å². The van der Waals surface area contributed by atoms with Crippen molar-refractivity contribution in [2.24, 2.45) is 0 Å². The Morgan fingerprint density at radius 1 is 1.18 bits per heavy atom. The lowest BCUT2D eigenvalue weighted by molar-refractivity contribution is -0.137. The second-order valence-electron chi connectivity index (χ2n) is 4.52. The van der Waals surface area contributed by atoms with Crippen molar-refractivity contribution in [3.63, 3.8) is 0 Å². The Hall–Kier alpha value is -1.49. The van der Waals surface area contributed by atoms with E-state index < -0.39 is 17.3 Å². The number of fused-ring (bicyclic) bond motifs is 1. The van der Waals surface area contributed by atoms with E-state index in [1.54, 1.807) is 0 Å². The van der Waals surface area contributed by atoms with Crippen molar-refractivity contribution in [2.45, 2.75) is 25.6 Å². The fraction of sp³-hybridized carbons (Fsp3) is 0.333. The van der Waals surface area contributed by atoms with Gasteiger partial charge in [-0.1, -0.05) is 0 Å². The molecule has 2 nitrogen and oxygen atoms in total. The summed E-state index contributed by atoms with van der Waals surface area (Å²) in [6.45, 7) is 3.08. The Balaban J connectivity index is 2.67. The van der Waals surface area contributed by atoms with E-state index in [2.05, 4.69) is 4.98 Å². The van der Waals surface area contributed by atoms with Crippen molar-refractivity contribution in [3.05, 3.63) is 35.5 Å². The molecule has 0 spiro atoms. The molecule has 17 heavy (non-hydrogen) atoms. The van der Waals surface area contributed by atoms with Crippen LogP contribution in [0, 0.1) is 0 Å². The van der Waals surface area contributed by atoms with Crippen molar-refractivity contribution >= 4 is 10.9 Å². The summed E-state index contributed by atoms with van der Waals surface area (Å²) in [5.74, 6) is 0. The quantitative estimate of drug-likeness (QED) is 0.791. The average Bonchev–Trinajstić information content (AvgIpc) is 2.57. The molecule has 0 fully saturated rings.